The van der Waals surface area contributed by atoms with Gasteiger partial charge in [0.2, 0.25) is 11.8 Å². The molecule has 1 aromatic heterocycles. The van der Waals surface area contributed by atoms with Crippen molar-refractivity contribution in [2.75, 3.05) is 44.2 Å². The van der Waals surface area contributed by atoms with Gasteiger partial charge in [-0.1, -0.05) is 48.5 Å². The van der Waals surface area contributed by atoms with Gasteiger partial charge < -0.3 is 14.2 Å². The van der Waals surface area contributed by atoms with Crippen LogP contribution in [0.15, 0.2) is 71.1 Å². The van der Waals surface area contributed by atoms with E-state index in [9.17, 15) is 9.59 Å². The highest BCUT2D eigenvalue weighted by Crippen LogP contribution is 2.27. The maximum absolute atomic E-state index is 12.8. The fourth-order valence-electron chi connectivity index (χ4n) is 4.69. The van der Waals surface area contributed by atoms with Crippen LogP contribution in [-0.2, 0) is 22.4 Å². The maximum Gasteiger partial charge on any atom is 0.241 e. The number of para-hydroxylation sites is 1. The minimum atomic E-state index is 0.145. The van der Waals surface area contributed by atoms with E-state index >= 15 is 0 Å². The number of fused-ring (bicyclic) bond motifs is 1. The number of hydrogen-bond acceptors (Lipinski definition) is 4. The predicted octanol–water partition coefficient (Wildman–Crippen LogP) is 3.61. The van der Waals surface area contributed by atoms with Crippen molar-refractivity contribution in [1.29, 1.82) is 0 Å². The van der Waals surface area contributed by atoms with E-state index in [4.69, 9.17) is 4.42 Å². The number of amides is 2. The molecule has 6 nitrogen and oxygen atoms in total. The van der Waals surface area contributed by atoms with Crippen LogP contribution >= 0.6 is 0 Å². The van der Waals surface area contributed by atoms with Gasteiger partial charge in [0.1, 0.15) is 11.5 Å². The zero-order valence-electron chi connectivity index (χ0n) is 18.8. The van der Waals surface area contributed by atoms with Crippen molar-refractivity contribution in [2.45, 2.75) is 19.3 Å². The fourth-order valence-corrected chi connectivity index (χ4v) is 4.69. The number of carbonyl (C=O) groups excluding carboxylic acids is 2. The average Bonchev–Trinajstić information content (AvgIpc) is 3.51. The lowest BCUT2D eigenvalue weighted by atomic mass is 10.2. The Hall–Kier alpha value is -3.38. The van der Waals surface area contributed by atoms with E-state index in [1.165, 1.54) is 5.56 Å². The molecule has 2 aromatic carbocycles. The Kier molecular flexibility index (Phi) is 6.26. The molecule has 0 radical (unpaired) electrons. The van der Waals surface area contributed by atoms with Crippen molar-refractivity contribution in [3.05, 3.63) is 78.1 Å². The standard InChI is InChI=1S/C27H29N3O3/c31-26(13-11-23-10-12-25(33-23)22-7-2-1-3-8-22)29-18-16-28(17-19-29)20-27(32)30-15-14-21-6-4-5-9-24(21)30/h1-10,12H,11,13-20H2. The van der Waals surface area contributed by atoms with E-state index < -0.39 is 0 Å². The number of nitrogens with zero attached hydrogens (tertiary/aromatic N) is 3. The third kappa shape index (κ3) is 4.86. The highest BCUT2D eigenvalue weighted by molar-refractivity contribution is 5.96. The Morgan fingerprint density at radius 2 is 1.55 bits per heavy atom. The van der Waals surface area contributed by atoms with Gasteiger partial charge in [0.05, 0.1) is 6.54 Å². The number of carbonyl (C=O) groups is 2. The van der Waals surface area contributed by atoms with E-state index in [1.807, 2.05) is 70.5 Å². The van der Waals surface area contributed by atoms with Gasteiger partial charge in [-0.05, 0) is 30.2 Å². The zero-order valence-corrected chi connectivity index (χ0v) is 18.8. The SMILES string of the molecule is O=C(CCc1ccc(-c2ccccc2)o1)N1CCN(CC(=O)N2CCc3ccccc32)CC1. The van der Waals surface area contributed by atoms with Gasteiger partial charge in [-0.25, -0.2) is 0 Å². The van der Waals surface area contributed by atoms with Gasteiger partial charge in [0, 0.05) is 56.8 Å². The van der Waals surface area contributed by atoms with Gasteiger partial charge in [0.15, 0.2) is 0 Å². The van der Waals surface area contributed by atoms with Crippen LogP contribution in [0.5, 0.6) is 0 Å². The second-order valence-electron chi connectivity index (χ2n) is 8.71. The van der Waals surface area contributed by atoms with Crippen LogP contribution in [0.25, 0.3) is 11.3 Å². The molecular weight excluding hydrogens is 414 g/mol. The van der Waals surface area contributed by atoms with Crippen molar-refractivity contribution in [2.24, 2.45) is 0 Å². The molecule has 2 amide bonds. The van der Waals surface area contributed by atoms with Crippen molar-refractivity contribution in [3.8, 4) is 11.3 Å². The van der Waals surface area contributed by atoms with Crippen molar-refractivity contribution >= 4 is 17.5 Å². The number of anilines is 1. The van der Waals surface area contributed by atoms with Gasteiger partial charge >= 0.3 is 0 Å². The number of furan rings is 1. The first kappa shape index (κ1) is 21.5. The molecule has 2 aliphatic rings. The summed E-state index contributed by atoms with van der Waals surface area (Å²) >= 11 is 0. The van der Waals surface area contributed by atoms with E-state index in [0.717, 1.165) is 48.8 Å². The molecule has 0 unspecified atom stereocenters. The van der Waals surface area contributed by atoms with E-state index in [1.54, 1.807) is 0 Å². The van der Waals surface area contributed by atoms with E-state index in [-0.39, 0.29) is 11.8 Å². The van der Waals surface area contributed by atoms with Crippen molar-refractivity contribution < 1.29 is 14.0 Å². The highest BCUT2D eigenvalue weighted by Gasteiger charge is 2.27. The molecule has 5 rings (SSSR count). The molecule has 1 saturated heterocycles. The summed E-state index contributed by atoms with van der Waals surface area (Å²) in [6.45, 7) is 3.95. The van der Waals surface area contributed by atoms with Crippen LogP contribution in [-0.4, -0.2) is 60.9 Å². The molecule has 6 heteroatoms. The molecule has 1 fully saturated rings. The summed E-state index contributed by atoms with van der Waals surface area (Å²) in [4.78, 5) is 31.5. The Balaban J connectivity index is 1.07. The van der Waals surface area contributed by atoms with Gasteiger partial charge in [0.25, 0.3) is 0 Å². The number of rotatable bonds is 6. The maximum atomic E-state index is 12.8. The van der Waals surface area contributed by atoms with Crippen LogP contribution in [0.4, 0.5) is 5.69 Å². The Morgan fingerprint density at radius 1 is 0.788 bits per heavy atom. The Morgan fingerprint density at radius 3 is 2.36 bits per heavy atom. The quantitative estimate of drug-likeness (QED) is 0.584. The van der Waals surface area contributed by atoms with Crippen LogP contribution in [0, 0.1) is 0 Å². The molecule has 2 aliphatic heterocycles. The molecule has 0 saturated carbocycles. The molecule has 33 heavy (non-hydrogen) atoms. The summed E-state index contributed by atoms with van der Waals surface area (Å²) in [6.07, 6.45) is 1.96. The third-order valence-corrected chi connectivity index (χ3v) is 6.58. The van der Waals surface area contributed by atoms with Gasteiger partial charge in [-0.15, -0.1) is 0 Å². The lowest BCUT2D eigenvalue weighted by Gasteiger charge is -2.35. The predicted molar refractivity (Wildman–Crippen MR) is 128 cm³/mol. The van der Waals surface area contributed by atoms with Gasteiger partial charge in [-0.2, -0.15) is 0 Å². The number of hydrogen-bond donors (Lipinski definition) is 0. The van der Waals surface area contributed by atoms with E-state index in [2.05, 4.69) is 11.0 Å². The summed E-state index contributed by atoms with van der Waals surface area (Å²) in [7, 11) is 0. The van der Waals surface area contributed by atoms with Crippen LogP contribution in [0.3, 0.4) is 0 Å². The normalized spacial score (nSPS) is 16.1. The second kappa shape index (κ2) is 9.63. The summed E-state index contributed by atoms with van der Waals surface area (Å²) in [5, 5.41) is 0. The zero-order chi connectivity index (χ0) is 22.6. The average molecular weight is 444 g/mol. The molecular formula is C27H29N3O3. The largest absolute Gasteiger partial charge is 0.461 e. The third-order valence-electron chi connectivity index (χ3n) is 6.58. The summed E-state index contributed by atoms with van der Waals surface area (Å²) in [5.74, 6) is 1.95. The summed E-state index contributed by atoms with van der Waals surface area (Å²) in [6, 6.07) is 22.0. The Labute approximate surface area is 194 Å². The summed E-state index contributed by atoms with van der Waals surface area (Å²) in [5.41, 5.74) is 3.33. The number of piperazine rings is 1. The minimum Gasteiger partial charge on any atom is -0.461 e. The highest BCUT2D eigenvalue weighted by atomic mass is 16.3. The van der Waals surface area contributed by atoms with Crippen molar-refractivity contribution in [3.63, 3.8) is 0 Å². The molecule has 0 aliphatic carbocycles. The first-order chi connectivity index (χ1) is 16.2. The molecule has 0 spiro atoms. The van der Waals surface area contributed by atoms with Gasteiger partial charge in [-0.3, -0.25) is 14.5 Å². The van der Waals surface area contributed by atoms with E-state index in [0.29, 0.717) is 32.5 Å². The monoisotopic (exact) mass is 443 g/mol. The number of benzene rings is 2. The van der Waals surface area contributed by atoms with Crippen LogP contribution in [0.2, 0.25) is 0 Å². The Bertz CT molecular complexity index is 1120. The smallest absolute Gasteiger partial charge is 0.241 e. The first-order valence-corrected chi connectivity index (χ1v) is 11.7. The minimum absolute atomic E-state index is 0.145. The molecule has 0 bridgehead atoms. The lowest BCUT2D eigenvalue weighted by Crippen LogP contribution is -2.51. The molecule has 0 N–H and O–H groups in total. The van der Waals surface area contributed by atoms with Crippen molar-refractivity contribution in [1.82, 2.24) is 9.80 Å². The lowest BCUT2D eigenvalue weighted by molar-refractivity contribution is -0.133. The van der Waals surface area contributed by atoms with Crippen LogP contribution < -0.4 is 4.90 Å². The second-order valence-corrected chi connectivity index (χ2v) is 8.71. The fraction of sp³-hybridized carbons (Fsp3) is 0.333. The summed E-state index contributed by atoms with van der Waals surface area (Å²) < 4.78 is 5.92. The number of aryl methyl sites for hydroxylation is 1. The molecule has 170 valence electrons. The molecule has 0 atom stereocenters. The van der Waals surface area contributed by atoms with Crippen LogP contribution in [0.1, 0.15) is 17.7 Å². The first-order valence-electron chi connectivity index (χ1n) is 11.7. The molecule has 3 aromatic rings. The topological polar surface area (TPSA) is 57.0 Å². The molecule has 3 heterocycles.